The Morgan fingerprint density at radius 3 is 0.600 bits per heavy atom. The first-order chi connectivity index (χ1) is 0. The summed E-state index contributed by atoms with van der Waals surface area (Å²) >= 11 is 0. The summed E-state index contributed by atoms with van der Waals surface area (Å²) in [6, 6.07) is 0. The molecule has 0 nitrogen and oxygen atoms in total. The van der Waals surface area contributed by atoms with Crippen LogP contribution in [-0.2, 0) is 88.2 Å². The second-order valence-corrected chi connectivity index (χ2v) is 0. The summed E-state index contributed by atoms with van der Waals surface area (Å²) in [5.41, 5.74) is 0. The Morgan fingerprint density at radius 2 is 0.600 bits per heavy atom. The van der Waals surface area contributed by atoms with Crippen LogP contribution in [0.2, 0.25) is 0 Å². The van der Waals surface area contributed by atoms with Crippen LogP contribution in [0.5, 0.6) is 0 Å². The van der Waals surface area contributed by atoms with E-state index in [0.29, 0.717) is 0 Å². The van der Waals surface area contributed by atoms with Gasteiger partial charge in [-0.25, -0.2) is 0 Å². The Hall–Kier alpha value is 2.71. The molecule has 42 valence electrons. The van der Waals surface area contributed by atoms with Gasteiger partial charge >= 0.3 is 0 Å². The van der Waals surface area contributed by atoms with Gasteiger partial charge < -0.3 is 0 Å². The van der Waals surface area contributed by atoms with E-state index in [0.717, 1.165) is 0 Å². The molecule has 0 heterocycles. The quantitative estimate of drug-likeness (QED) is 0.491. The van der Waals surface area contributed by atoms with E-state index in [1.54, 1.807) is 0 Å². The van der Waals surface area contributed by atoms with E-state index in [-0.39, 0.29) is 88.2 Å². The maximum atomic E-state index is 0. The van der Waals surface area contributed by atoms with Gasteiger partial charge in [0, 0.05) is 88.2 Å². The fraction of sp³-hybridized carbons (Fsp3) is 0. The third kappa shape index (κ3) is 20.3. The first-order valence-electron chi connectivity index (χ1n) is 0. The van der Waals surface area contributed by atoms with Crippen LogP contribution in [0.1, 0.15) is 0 Å². The minimum absolute atomic E-state index is 0. The first kappa shape index (κ1) is 47.2. The van der Waals surface area contributed by atoms with E-state index in [1.165, 1.54) is 0 Å². The topological polar surface area (TPSA) is 0 Å². The van der Waals surface area contributed by atoms with Crippen LogP contribution in [0.3, 0.4) is 0 Å². The number of rotatable bonds is 0. The smallest absolute Gasteiger partial charge is 0 e. The molecular weight excluding hydrogens is 413 g/mol. The molecule has 0 aromatic rings. The van der Waals surface area contributed by atoms with E-state index in [9.17, 15) is 0 Å². The summed E-state index contributed by atoms with van der Waals surface area (Å²) in [7, 11) is 0. The van der Waals surface area contributed by atoms with Gasteiger partial charge in [0.15, 0.2) is 0 Å². The van der Waals surface area contributed by atoms with Crippen LogP contribution in [0.25, 0.3) is 0 Å². The van der Waals surface area contributed by atoms with Crippen molar-refractivity contribution in [3.63, 3.8) is 0 Å². The SMILES string of the molecule is [Fe].[Fe].[Ni].[Ni].[W]. The summed E-state index contributed by atoms with van der Waals surface area (Å²) in [6.07, 6.45) is 0. The molecule has 0 fully saturated rings. The predicted octanol–water partition coefficient (Wildman–Crippen LogP) is -0.0125. The van der Waals surface area contributed by atoms with Gasteiger partial charge in [-0.2, -0.15) is 0 Å². The van der Waals surface area contributed by atoms with Crippen LogP contribution < -0.4 is 0 Å². The van der Waals surface area contributed by atoms with Gasteiger partial charge in [-0.3, -0.25) is 0 Å². The predicted molar refractivity (Wildman–Crippen MR) is 0 cm³/mol. The standard InChI is InChI=1S/2Fe.2Ni.W. The maximum Gasteiger partial charge on any atom is 0 e. The van der Waals surface area contributed by atoms with Crippen LogP contribution in [0.4, 0.5) is 0 Å². The Bertz CT molecular complexity index is 7.61. The normalized spacial score (nSPS) is 0. The van der Waals surface area contributed by atoms with Crippen molar-refractivity contribution in [3.05, 3.63) is 0 Å². The van der Waals surface area contributed by atoms with Crippen molar-refractivity contribution < 1.29 is 88.2 Å². The third-order valence-corrected chi connectivity index (χ3v) is 0. The summed E-state index contributed by atoms with van der Waals surface area (Å²) in [5, 5.41) is 0. The van der Waals surface area contributed by atoms with Crippen molar-refractivity contribution in [2.45, 2.75) is 0 Å². The van der Waals surface area contributed by atoms with Crippen molar-refractivity contribution in [2.75, 3.05) is 0 Å². The van der Waals surface area contributed by atoms with Crippen LogP contribution in [0, 0.1) is 0 Å². The molecule has 0 aliphatic rings. The molecule has 0 spiro atoms. The fourth-order valence-corrected chi connectivity index (χ4v) is 0. The summed E-state index contributed by atoms with van der Waals surface area (Å²) < 4.78 is 0. The van der Waals surface area contributed by atoms with Crippen molar-refractivity contribution in [3.8, 4) is 0 Å². The zero-order chi connectivity index (χ0) is 0. The molecule has 0 rings (SSSR count). The molecule has 0 saturated carbocycles. The number of hydrogen-bond acceptors (Lipinski definition) is 0. The maximum absolute atomic E-state index is 0. The van der Waals surface area contributed by atoms with Gasteiger partial charge in [-0.15, -0.1) is 0 Å². The number of hydrogen-bond donors (Lipinski definition) is 0. The molecule has 0 aromatic heterocycles. The molecule has 0 aliphatic carbocycles. The van der Waals surface area contributed by atoms with Crippen molar-refractivity contribution in [1.29, 1.82) is 0 Å². The molecule has 5 heteroatoms. The average molecular weight is 413 g/mol. The van der Waals surface area contributed by atoms with Gasteiger partial charge in [0.2, 0.25) is 0 Å². The van der Waals surface area contributed by atoms with E-state index in [1.807, 2.05) is 0 Å². The Balaban J connectivity index is 0. The molecular formula is Fe2Ni2W. The molecule has 0 radical (unpaired) electrons. The Kier molecular flexibility index (Phi) is 281. The minimum Gasteiger partial charge on any atom is 0 e. The molecule has 0 saturated heterocycles. The van der Waals surface area contributed by atoms with Gasteiger partial charge in [0.05, 0.1) is 0 Å². The van der Waals surface area contributed by atoms with Crippen molar-refractivity contribution in [1.82, 2.24) is 0 Å². The van der Waals surface area contributed by atoms with Gasteiger partial charge in [-0.05, 0) is 0 Å². The minimum atomic E-state index is 0. The van der Waals surface area contributed by atoms with Crippen molar-refractivity contribution in [2.24, 2.45) is 0 Å². The molecule has 0 bridgehead atoms. The molecule has 5 heavy (non-hydrogen) atoms. The largest absolute Gasteiger partial charge is 0 e. The first-order valence-corrected chi connectivity index (χ1v) is 0. The van der Waals surface area contributed by atoms with Crippen LogP contribution in [-0.4, -0.2) is 0 Å². The zero-order valence-electron chi connectivity index (χ0n) is 1.75. The molecule has 0 unspecified atom stereocenters. The molecule has 0 aromatic carbocycles. The van der Waals surface area contributed by atoms with Crippen LogP contribution in [0.15, 0.2) is 0 Å². The zero-order valence-corrected chi connectivity index (χ0v) is 8.86. The second-order valence-electron chi connectivity index (χ2n) is 0. The van der Waals surface area contributed by atoms with E-state index >= 15 is 0 Å². The van der Waals surface area contributed by atoms with E-state index < -0.39 is 0 Å². The second kappa shape index (κ2) is 29.8. The fourth-order valence-electron chi connectivity index (χ4n) is 0. The molecule has 0 aliphatic heterocycles. The Morgan fingerprint density at radius 1 is 0.600 bits per heavy atom. The summed E-state index contributed by atoms with van der Waals surface area (Å²) in [6.45, 7) is 0. The Labute approximate surface area is 87.0 Å². The molecule has 0 atom stereocenters. The van der Waals surface area contributed by atoms with Gasteiger partial charge in [0.1, 0.15) is 0 Å². The van der Waals surface area contributed by atoms with Gasteiger partial charge in [-0.1, -0.05) is 0 Å². The monoisotopic (exact) mass is 412 g/mol. The van der Waals surface area contributed by atoms with E-state index in [4.69, 9.17) is 0 Å². The average Bonchev–Trinajstić information content (AvgIpc) is 0. The summed E-state index contributed by atoms with van der Waals surface area (Å²) in [5.74, 6) is 0. The third-order valence-electron chi connectivity index (χ3n) is 0. The van der Waals surface area contributed by atoms with Gasteiger partial charge in [0.25, 0.3) is 0 Å². The van der Waals surface area contributed by atoms with Crippen LogP contribution >= 0.6 is 0 Å². The molecule has 0 N–H and O–H groups in total. The molecule has 0 amide bonds. The van der Waals surface area contributed by atoms with E-state index in [2.05, 4.69) is 0 Å². The summed E-state index contributed by atoms with van der Waals surface area (Å²) in [4.78, 5) is 0. The van der Waals surface area contributed by atoms with Crippen molar-refractivity contribution >= 4 is 0 Å².